The van der Waals surface area contributed by atoms with Gasteiger partial charge in [-0.05, 0) is 56.8 Å². The molecule has 1 aromatic carbocycles. The first-order chi connectivity index (χ1) is 9.35. The molecule has 0 aromatic heterocycles. The molecule has 5 heteroatoms. The lowest BCUT2D eigenvalue weighted by Crippen LogP contribution is -2.25. The second-order valence-corrected chi connectivity index (χ2v) is 7.60. The maximum absolute atomic E-state index is 10.9. The van der Waals surface area contributed by atoms with Crippen LogP contribution in [0.5, 0.6) is 0 Å². The van der Waals surface area contributed by atoms with Crippen LogP contribution >= 0.6 is 0 Å². The third-order valence-corrected chi connectivity index (χ3v) is 4.90. The molecule has 0 bridgehead atoms. The first-order valence-corrected chi connectivity index (χ1v) is 8.87. The molecule has 0 radical (unpaired) electrons. The van der Waals surface area contributed by atoms with E-state index in [9.17, 15) is 8.42 Å². The molecular formula is C15H24N2O2S. The molecule has 1 aromatic rings. The molecule has 112 valence electrons. The van der Waals surface area contributed by atoms with Crippen LogP contribution in [-0.4, -0.2) is 38.7 Å². The number of aryl methyl sites for hydroxylation is 2. The van der Waals surface area contributed by atoms with Crippen molar-refractivity contribution in [2.24, 2.45) is 5.14 Å². The van der Waals surface area contributed by atoms with Crippen LogP contribution in [-0.2, 0) is 10.0 Å². The number of benzene rings is 1. The first-order valence-electron chi connectivity index (χ1n) is 7.15. The van der Waals surface area contributed by atoms with Crippen molar-refractivity contribution in [2.45, 2.75) is 32.6 Å². The van der Waals surface area contributed by atoms with Crippen molar-refractivity contribution in [1.82, 2.24) is 4.90 Å². The Morgan fingerprint density at radius 3 is 2.75 bits per heavy atom. The smallest absolute Gasteiger partial charge is 0.209 e. The number of primary sulfonamides is 1. The molecule has 1 fully saturated rings. The maximum Gasteiger partial charge on any atom is 0.209 e. The van der Waals surface area contributed by atoms with Gasteiger partial charge in [0, 0.05) is 6.54 Å². The molecule has 1 heterocycles. The quantitative estimate of drug-likeness (QED) is 0.900. The van der Waals surface area contributed by atoms with E-state index in [4.69, 9.17) is 5.14 Å². The summed E-state index contributed by atoms with van der Waals surface area (Å²) in [4.78, 5) is 2.34. The van der Waals surface area contributed by atoms with Crippen LogP contribution in [0.25, 0.3) is 0 Å². The van der Waals surface area contributed by atoms with E-state index in [2.05, 4.69) is 36.9 Å². The summed E-state index contributed by atoms with van der Waals surface area (Å²) >= 11 is 0. The number of likely N-dealkylation sites (tertiary alicyclic amines) is 1. The van der Waals surface area contributed by atoms with E-state index in [0.29, 0.717) is 12.3 Å². The van der Waals surface area contributed by atoms with Crippen molar-refractivity contribution in [3.05, 3.63) is 34.9 Å². The normalized spacial score (nSPS) is 20.4. The Hall–Kier alpha value is -0.910. The standard InChI is InChI=1S/C15H24N2O2S/c1-12-4-5-15(13(2)10-12)14-6-8-17(11-14)7-3-9-20(16,18)19/h4-5,10,14H,3,6-9,11H2,1-2H3,(H2,16,18,19). The summed E-state index contributed by atoms with van der Waals surface area (Å²) in [5.74, 6) is 0.655. The lowest BCUT2D eigenvalue weighted by atomic mass is 9.93. The van der Waals surface area contributed by atoms with Crippen molar-refractivity contribution in [3.8, 4) is 0 Å². The topological polar surface area (TPSA) is 63.4 Å². The number of hydrogen-bond acceptors (Lipinski definition) is 3. The van der Waals surface area contributed by atoms with E-state index in [1.807, 2.05) is 0 Å². The Bertz CT molecular complexity index is 569. The van der Waals surface area contributed by atoms with Crippen LogP contribution in [0.15, 0.2) is 18.2 Å². The average Bonchev–Trinajstić information content (AvgIpc) is 2.75. The minimum absolute atomic E-state index is 0.0811. The van der Waals surface area contributed by atoms with Crippen LogP contribution in [0.4, 0.5) is 0 Å². The third-order valence-electron chi connectivity index (χ3n) is 4.04. The van der Waals surface area contributed by atoms with Gasteiger partial charge in [0.05, 0.1) is 5.75 Å². The molecule has 1 aliphatic rings. The lowest BCUT2D eigenvalue weighted by molar-refractivity contribution is 0.335. The fourth-order valence-corrected chi connectivity index (χ4v) is 3.59. The number of nitrogens with zero attached hydrogens (tertiary/aromatic N) is 1. The summed E-state index contributed by atoms with van der Waals surface area (Å²) in [6.07, 6.45) is 1.78. The van der Waals surface area contributed by atoms with Gasteiger partial charge in [-0.1, -0.05) is 23.8 Å². The van der Waals surface area contributed by atoms with Crippen molar-refractivity contribution >= 4 is 10.0 Å². The Balaban J connectivity index is 1.89. The first kappa shape index (κ1) is 15.5. The van der Waals surface area contributed by atoms with Crippen LogP contribution < -0.4 is 5.14 Å². The molecule has 2 rings (SSSR count). The molecule has 20 heavy (non-hydrogen) atoms. The van der Waals surface area contributed by atoms with Gasteiger partial charge in [0.2, 0.25) is 10.0 Å². The lowest BCUT2D eigenvalue weighted by Gasteiger charge is -2.17. The predicted molar refractivity (Wildman–Crippen MR) is 82.3 cm³/mol. The highest BCUT2D eigenvalue weighted by Gasteiger charge is 2.24. The van der Waals surface area contributed by atoms with Crippen molar-refractivity contribution in [2.75, 3.05) is 25.4 Å². The second-order valence-electron chi connectivity index (χ2n) is 5.87. The fraction of sp³-hybridized carbons (Fsp3) is 0.600. The number of hydrogen-bond donors (Lipinski definition) is 1. The number of rotatable bonds is 5. The van der Waals surface area contributed by atoms with Gasteiger partial charge in [-0.2, -0.15) is 0 Å². The van der Waals surface area contributed by atoms with Crippen LogP contribution in [0, 0.1) is 13.8 Å². The van der Waals surface area contributed by atoms with Gasteiger partial charge in [0.25, 0.3) is 0 Å². The number of nitrogens with two attached hydrogens (primary N) is 1. The number of sulfonamides is 1. The molecule has 4 nitrogen and oxygen atoms in total. The van der Waals surface area contributed by atoms with Crippen LogP contribution in [0.3, 0.4) is 0 Å². The highest BCUT2D eigenvalue weighted by molar-refractivity contribution is 7.89. The Labute approximate surface area is 122 Å². The minimum Gasteiger partial charge on any atom is -0.303 e. The van der Waals surface area contributed by atoms with Crippen molar-refractivity contribution in [1.29, 1.82) is 0 Å². The summed E-state index contributed by atoms with van der Waals surface area (Å²) in [5, 5.41) is 5.03. The molecule has 0 saturated carbocycles. The summed E-state index contributed by atoms with van der Waals surface area (Å²) in [7, 11) is -3.32. The van der Waals surface area contributed by atoms with E-state index in [-0.39, 0.29) is 5.75 Å². The summed E-state index contributed by atoms with van der Waals surface area (Å²) in [5.41, 5.74) is 4.10. The van der Waals surface area contributed by atoms with Gasteiger partial charge in [-0.3, -0.25) is 0 Å². The summed E-state index contributed by atoms with van der Waals surface area (Å²) < 4.78 is 21.9. The molecule has 0 spiro atoms. The summed E-state index contributed by atoms with van der Waals surface area (Å²) in [6, 6.07) is 6.65. The van der Waals surface area contributed by atoms with Crippen LogP contribution in [0.2, 0.25) is 0 Å². The Kier molecular flexibility index (Phi) is 4.83. The fourth-order valence-electron chi connectivity index (χ4n) is 3.06. The SMILES string of the molecule is Cc1ccc(C2CCN(CCCS(N)(=O)=O)C2)c(C)c1. The Morgan fingerprint density at radius 2 is 2.10 bits per heavy atom. The zero-order valence-electron chi connectivity index (χ0n) is 12.3. The van der Waals surface area contributed by atoms with Gasteiger partial charge < -0.3 is 4.90 Å². The van der Waals surface area contributed by atoms with E-state index >= 15 is 0 Å². The molecule has 2 N–H and O–H groups in total. The second kappa shape index (κ2) is 6.24. The zero-order chi connectivity index (χ0) is 14.8. The predicted octanol–water partition coefficient (Wildman–Crippen LogP) is 1.77. The Morgan fingerprint density at radius 1 is 1.35 bits per heavy atom. The van der Waals surface area contributed by atoms with Crippen LogP contribution in [0.1, 0.15) is 35.4 Å². The molecule has 1 saturated heterocycles. The van der Waals surface area contributed by atoms with E-state index in [0.717, 1.165) is 26.1 Å². The van der Waals surface area contributed by atoms with Crippen molar-refractivity contribution < 1.29 is 8.42 Å². The highest BCUT2D eigenvalue weighted by atomic mass is 32.2. The molecule has 0 aliphatic carbocycles. The monoisotopic (exact) mass is 296 g/mol. The molecule has 1 unspecified atom stereocenters. The largest absolute Gasteiger partial charge is 0.303 e. The molecule has 1 atom stereocenters. The van der Waals surface area contributed by atoms with Gasteiger partial charge in [0.1, 0.15) is 0 Å². The van der Waals surface area contributed by atoms with E-state index < -0.39 is 10.0 Å². The highest BCUT2D eigenvalue weighted by Crippen LogP contribution is 2.29. The average molecular weight is 296 g/mol. The minimum atomic E-state index is -3.32. The van der Waals surface area contributed by atoms with Gasteiger partial charge >= 0.3 is 0 Å². The maximum atomic E-state index is 10.9. The van der Waals surface area contributed by atoms with Gasteiger partial charge in [0.15, 0.2) is 0 Å². The molecular weight excluding hydrogens is 272 g/mol. The molecule has 0 amide bonds. The van der Waals surface area contributed by atoms with E-state index in [1.165, 1.54) is 16.7 Å². The summed E-state index contributed by atoms with van der Waals surface area (Å²) in [6.45, 7) is 7.17. The zero-order valence-corrected chi connectivity index (χ0v) is 13.1. The van der Waals surface area contributed by atoms with Gasteiger partial charge in [-0.15, -0.1) is 0 Å². The van der Waals surface area contributed by atoms with E-state index in [1.54, 1.807) is 0 Å². The van der Waals surface area contributed by atoms with Gasteiger partial charge in [-0.25, -0.2) is 13.6 Å². The van der Waals surface area contributed by atoms with Crippen molar-refractivity contribution in [3.63, 3.8) is 0 Å². The molecule has 1 aliphatic heterocycles. The third kappa shape index (κ3) is 4.30.